The van der Waals surface area contributed by atoms with Crippen LogP contribution in [-0.2, 0) is 30.3 Å². The molecule has 8 nitrogen and oxygen atoms in total. The van der Waals surface area contributed by atoms with E-state index in [1.807, 2.05) is 32.0 Å². The summed E-state index contributed by atoms with van der Waals surface area (Å²) in [5.74, 6) is 0.102. The smallest absolute Gasteiger partial charge is 0.382 e. The number of halogens is 3. The summed E-state index contributed by atoms with van der Waals surface area (Å²) in [5.41, 5.74) is 2.52. The first-order valence-electron chi connectivity index (χ1n) is 12.8. The Balaban J connectivity index is 1.60. The number of rotatable bonds is 12. The first kappa shape index (κ1) is 28.0. The molecule has 0 saturated heterocycles. The quantitative estimate of drug-likeness (QED) is 0.170. The number of ketones is 1. The van der Waals surface area contributed by atoms with Crippen molar-refractivity contribution in [2.45, 2.75) is 58.7 Å². The second-order valence-electron chi connectivity index (χ2n) is 9.05. The highest BCUT2D eigenvalue weighted by molar-refractivity contribution is 5.97. The third-order valence-electron chi connectivity index (χ3n) is 6.41. The van der Waals surface area contributed by atoms with Crippen LogP contribution in [0.15, 0.2) is 43.0 Å². The number of nitriles is 1. The number of carbonyl (C=O) groups excluding carboxylic acids is 1. The maximum Gasteiger partial charge on any atom is 0.435 e. The van der Waals surface area contributed by atoms with Gasteiger partial charge in [-0.15, -0.1) is 0 Å². The zero-order valence-corrected chi connectivity index (χ0v) is 21.8. The highest BCUT2D eigenvalue weighted by Crippen LogP contribution is 2.36. The summed E-state index contributed by atoms with van der Waals surface area (Å²) in [6.45, 7) is 4.95. The number of hydrogen-bond donors (Lipinski definition) is 0. The van der Waals surface area contributed by atoms with Crippen LogP contribution in [0.2, 0.25) is 0 Å². The van der Waals surface area contributed by atoms with Gasteiger partial charge in [0.05, 0.1) is 29.2 Å². The van der Waals surface area contributed by atoms with Crippen LogP contribution >= 0.6 is 0 Å². The molecule has 39 heavy (non-hydrogen) atoms. The lowest BCUT2D eigenvalue weighted by atomic mass is 9.95. The van der Waals surface area contributed by atoms with E-state index >= 15 is 0 Å². The minimum Gasteiger partial charge on any atom is -0.382 e. The monoisotopic (exact) mass is 538 g/mol. The molecule has 3 heterocycles. The number of ether oxygens (including phenoxy) is 1. The van der Waals surface area contributed by atoms with E-state index < -0.39 is 11.9 Å². The molecule has 0 aliphatic rings. The van der Waals surface area contributed by atoms with Crippen LogP contribution < -0.4 is 0 Å². The minimum atomic E-state index is -4.70. The molecular weight excluding hydrogens is 509 g/mol. The number of alkyl halides is 3. The molecule has 4 aromatic rings. The highest BCUT2D eigenvalue weighted by atomic mass is 19.4. The Morgan fingerprint density at radius 3 is 2.72 bits per heavy atom. The number of Topliss-reactive ketones (excluding diaryl/α,β-unsaturated/α-hetero) is 1. The van der Waals surface area contributed by atoms with E-state index in [0.29, 0.717) is 49.4 Å². The number of aryl methyl sites for hydroxylation is 1. The standard InChI is InChI=1S/C28H29F3N6O2/c1-3-20-15-19(8-9-21(20)25(38)7-5-6-14-39-4-2)16-23-27-34-17-24(37(27)13-11-33-23)22-18-36(12-10-32)35-26(22)28(29,30)31/h8-9,11,13,15,17-18H,3-7,12,14,16H2,1-2H3. The average Bonchev–Trinajstić information content (AvgIpc) is 3.53. The lowest BCUT2D eigenvalue weighted by Gasteiger charge is -2.11. The number of unbranched alkanes of at least 4 members (excludes halogenated alkanes) is 1. The number of imidazole rings is 1. The average molecular weight is 539 g/mol. The maximum atomic E-state index is 13.7. The van der Waals surface area contributed by atoms with Gasteiger partial charge in [-0.2, -0.15) is 23.5 Å². The molecule has 0 aliphatic carbocycles. The number of hydrogen-bond acceptors (Lipinski definition) is 6. The van der Waals surface area contributed by atoms with E-state index in [4.69, 9.17) is 10.00 Å². The minimum absolute atomic E-state index is 0.102. The van der Waals surface area contributed by atoms with E-state index in [1.54, 1.807) is 16.7 Å². The van der Waals surface area contributed by atoms with Crippen LogP contribution in [0, 0.1) is 11.3 Å². The summed E-state index contributed by atoms with van der Waals surface area (Å²) in [5, 5.41) is 12.5. The molecule has 11 heteroatoms. The number of nitrogens with zero attached hydrogens (tertiary/aromatic N) is 6. The van der Waals surface area contributed by atoms with Crippen molar-refractivity contribution < 1.29 is 22.7 Å². The fraction of sp³-hybridized carbons (Fsp3) is 0.393. The first-order chi connectivity index (χ1) is 18.8. The largest absolute Gasteiger partial charge is 0.435 e. The van der Waals surface area contributed by atoms with Crippen LogP contribution in [-0.4, -0.2) is 43.1 Å². The number of carbonyl (C=O) groups is 1. The van der Waals surface area contributed by atoms with Crippen molar-refractivity contribution in [1.29, 1.82) is 5.26 Å². The molecule has 4 rings (SSSR count). The molecule has 204 valence electrons. The van der Waals surface area contributed by atoms with Crippen LogP contribution in [0.3, 0.4) is 0 Å². The van der Waals surface area contributed by atoms with Crippen molar-refractivity contribution >= 4 is 11.4 Å². The van der Waals surface area contributed by atoms with Gasteiger partial charge in [-0.1, -0.05) is 25.1 Å². The van der Waals surface area contributed by atoms with Gasteiger partial charge in [-0.05, 0) is 37.3 Å². The van der Waals surface area contributed by atoms with E-state index in [0.717, 1.165) is 28.7 Å². The van der Waals surface area contributed by atoms with Gasteiger partial charge in [-0.25, -0.2) is 4.98 Å². The number of benzene rings is 1. The Labute approximate surface area is 224 Å². The first-order valence-corrected chi connectivity index (χ1v) is 12.8. The van der Waals surface area contributed by atoms with Crippen molar-refractivity contribution in [2.75, 3.05) is 13.2 Å². The van der Waals surface area contributed by atoms with Crippen molar-refractivity contribution in [3.05, 3.63) is 71.1 Å². The molecule has 0 atom stereocenters. The predicted molar refractivity (Wildman–Crippen MR) is 138 cm³/mol. The molecule has 0 saturated carbocycles. The van der Waals surface area contributed by atoms with Crippen molar-refractivity contribution in [1.82, 2.24) is 24.1 Å². The molecule has 0 N–H and O–H groups in total. The third-order valence-corrected chi connectivity index (χ3v) is 6.41. The topological polar surface area (TPSA) is 98.1 Å². The summed E-state index contributed by atoms with van der Waals surface area (Å²) < 4.78 is 49.0. The molecule has 0 radical (unpaired) electrons. The van der Waals surface area contributed by atoms with Crippen molar-refractivity contribution in [3.8, 4) is 17.3 Å². The fourth-order valence-electron chi connectivity index (χ4n) is 4.55. The molecule has 0 fully saturated rings. The molecular formula is C28H29F3N6O2. The predicted octanol–water partition coefficient (Wildman–Crippen LogP) is 5.68. The summed E-state index contributed by atoms with van der Waals surface area (Å²) in [6, 6.07) is 7.52. The fourth-order valence-corrected chi connectivity index (χ4v) is 4.55. The van der Waals surface area contributed by atoms with Gasteiger partial charge in [0.1, 0.15) is 6.54 Å². The molecule has 3 aromatic heterocycles. The van der Waals surface area contributed by atoms with Crippen LogP contribution in [0.25, 0.3) is 16.9 Å². The van der Waals surface area contributed by atoms with Gasteiger partial charge < -0.3 is 4.74 Å². The molecule has 0 bridgehead atoms. The van der Waals surface area contributed by atoms with E-state index in [-0.39, 0.29) is 23.6 Å². The maximum absolute atomic E-state index is 13.7. The van der Waals surface area contributed by atoms with Crippen molar-refractivity contribution in [2.24, 2.45) is 0 Å². The van der Waals surface area contributed by atoms with Gasteiger partial charge in [0.15, 0.2) is 17.1 Å². The normalized spacial score (nSPS) is 11.7. The highest BCUT2D eigenvalue weighted by Gasteiger charge is 2.38. The number of aromatic nitrogens is 5. The molecule has 0 aliphatic heterocycles. The SMILES string of the molecule is CCOCCCCC(=O)c1ccc(Cc2nccn3c(-c4cn(CC#N)nc4C(F)(F)F)cnc23)cc1CC. The Kier molecular flexibility index (Phi) is 8.76. The van der Waals surface area contributed by atoms with Gasteiger partial charge in [0, 0.05) is 50.2 Å². The van der Waals surface area contributed by atoms with Crippen molar-refractivity contribution in [3.63, 3.8) is 0 Å². The zero-order valence-electron chi connectivity index (χ0n) is 21.8. The molecule has 0 spiro atoms. The Hall–Kier alpha value is -4.04. The summed E-state index contributed by atoms with van der Waals surface area (Å²) in [6.07, 6.45) is 4.06. The van der Waals surface area contributed by atoms with Gasteiger partial charge in [0.25, 0.3) is 0 Å². The zero-order chi connectivity index (χ0) is 28.0. The Bertz CT molecular complexity index is 1500. The Morgan fingerprint density at radius 2 is 2.00 bits per heavy atom. The van der Waals surface area contributed by atoms with E-state index in [2.05, 4.69) is 15.1 Å². The van der Waals surface area contributed by atoms with Gasteiger partial charge in [0.2, 0.25) is 0 Å². The van der Waals surface area contributed by atoms with Crippen LogP contribution in [0.1, 0.15) is 66.0 Å². The second kappa shape index (κ2) is 12.2. The van der Waals surface area contributed by atoms with Gasteiger partial charge >= 0.3 is 6.18 Å². The lowest BCUT2D eigenvalue weighted by Crippen LogP contribution is -2.09. The van der Waals surface area contributed by atoms with Gasteiger partial charge in [-0.3, -0.25) is 18.9 Å². The lowest BCUT2D eigenvalue weighted by molar-refractivity contribution is -0.141. The van der Waals surface area contributed by atoms with E-state index in [9.17, 15) is 18.0 Å². The third kappa shape index (κ3) is 6.34. The summed E-state index contributed by atoms with van der Waals surface area (Å²) >= 11 is 0. The second-order valence-corrected chi connectivity index (χ2v) is 9.05. The van der Waals surface area contributed by atoms with Crippen LogP contribution in [0.5, 0.6) is 0 Å². The molecule has 0 unspecified atom stereocenters. The van der Waals surface area contributed by atoms with E-state index in [1.165, 1.54) is 18.6 Å². The molecule has 1 aromatic carbocycles. The number of fused-ring (bicyclic) bond motifs is 1. The summed E-state index contributed by atoms with van der Waals surface area (Å²) in [4.78, 5) is 21.6. The molecule has 0 amide bonds. The Morgan fingerprint density at radius 1 is 1.18 bits per heavy atom. The summed E-state index contributed by atoms with van der Waals surface area (Å²) in [7, 11) is 0. The van der Waals surface area contributed by atoms with Crippen LogP contribution in [0.4, 0.5) is 13.2 Å².